The number of pyridine rings is 3. The number of hydrogen-bond acceptors (Lipinski definition) is 9. The van der Waals surface area contributed by atoms with Crippen molar-refractivity contribution in [1.29, 1.82) is 5.41 Å². The number of aromatic nitrogens is 3. The lowest BCUT2D eigenvalue weighted by molar-refractivity contribution is 0.232. The molecule has 0 aromatic carbocycles. The molecule has 0 bridgehead atoms. The smallest absolute Gasteiger partial charge is 0.244 e. The molecule has 3 N–H and O–H groups in total. The molecule has 3 aromatic rings. The zero-order chi connectivity index (χ0) is 24.3. The molecule has 0 amide bonds. The van der Waals surface area contributed by atoms with Gasteiger partial charge in [0.05, 0.1) is 23.7 Å². The van der Waals surface area contributed by atoms with E-state index in [1.807, 2.05) is 24.8 Å². The van der Waals surface area contributed by atoms with Gasteiger partial charge in [-0.2, -0.15) is 4.31 Å². The van der Waals surface area contributed by atoms with E-state index in [0.717, 1.165) is 0 Å². The number of nitrogens with one attached hydrogen (secondary N) is 1. The summed E-state index contributed by atoms with van der Waals surface area (Å²) in [6.45, 7) is 5.42. The molecule has 34 heavy (non-hydrogen) atoms. The van der Waals surface area contributed by atoms with E-state index >= 15 is 0 Å². The fraction of sp³-hybridized carbons (Fsp3) is 0.304. The van der Waals surface area contributed by atoms with Gasteiger partial charge >= 0.3 is 0 Å². The van der Waals surface area contributed by atoms with Gasteiger partial charge in [0.2, 0.25) is 15.9 Å². The van der Waals surface area contributed by atoms with Crippen molar-refractivity contribution in [3.8, 4) is 5.88 Å². The Kier molecular flexibility index (Phi) is 6.75. The first-order valence-electron chi connectivity index (χ1n) is 10.9. The van der Waals surface area contributed by atoms with Crippen molar-refractivity contribution in [3.63, 3.8) is 0 Å². The Morgan fingerprint density at radius 2 is 1.85 bits per heavy atom. The fourth-order valence-corrected chi connectivity index (χ4v) is 5.06. The van der Waals surface area contributed by atoms with Crippen LogP contribution < -0.4 is 15.4 Å². The van der Waals surface area contributed by atoms with Crippen LogP contribution in [0.2, 0.25) is 0 Å². The van der Waals surface area contributed by atoms with Gasteiger partial charge in [-0.1, -0.05) is 0 Å². The average molecular weight is 482 g/mol. The van der Waals surface area contributed by atoms with Crippen molar-refractivity contribution in [2.45, 2.75) is 24.8 Å². The second-order valence-corrected chi connectivity index (χ2v) is 10.1. The maximum absolute atomic E-state index is 12.9. The minimum atomic E-state index is -3.58. The van der Waals surface area contributed by atoms with E-state index in [9.17, 15) is 8.42 Å². The second kappa shape index (κ2) is 9.74. The Bertz CT molecular complexity index is 1270. The van der Waals surface area contributed by atoms with E-state index < -0.39 is 10.0 Å². The Morgan fingerprint density at radius 3 is 2.53 bits per heavy atom. The van der Waals surface area contributed by atoms with Gasteiger partial charge in [-0.15, -0.1) is 0 Å². The predicted molar refractivity (Wildman–Crippen MR) is 130 cm³/mol. The summed E-state index contributed by atoms with van der Waals surface area (Å²) in [6.07, 6.45) is 5.99. The third-order valence-electron chi connectivity index (χ3n) is 5.40. The lowest BCUT2D eigenvalue weighted by Crippen LogP contribution is -2.49. The van der Waals surface area contributed by atoms with Crippen LogP contribution in [-0.4, -0.2) is 65.7 Å². The van der Waals surface area contributed by atoms with Crippen molar-refractivity contribution >= 4 is 27.2 Å². The fourth-order valence-electron chi connectivity index (χ4n) is 3.68. The summed E-state index contributed by atoms with van der Waals surface area (Å²) in [5.41, 5.74) is 7.87. The Labute approximate surface area is 199 Å². The molecule has 1 aliphatic heterocycles. The van der Waals surface area contributed by atoms with Crippen LogP contribution in [0.5, 0.6) is 5.88 Å². The zero-order valence-corrected chi connectivity index (χ0v) is 19.9. The SMILES string of the molecule is CC(C)Oc1cc(C(=N)c2ccnc(N3CCN(S(=O)(=O)c4cccnc4)CC3)c2)c(N)cn1. The highest BCUT2D eigenvalue weighted by Crippen LogP contribution is 2.24. The largest absolute Gasteiger partial charge is 0.475 e. The van der Waals surface area contributed by atoms with Crippen LogP contribution in [0.15, 0.2) is 60.0 Å². The molecule has 0 aliphatic carbocycles. The molecule has 1 fully saturated rings. The number of nitrogens with zero attached hydrogens (tertiary/aromatic N) is 5. The average Bonchev–Trinajstić information content (AvgIpc) is 2.85. The van der Waals surface area contributed by atoms with Crippen LogP contribution in [-0.2, 0) is 10.0 Å². The highest BCUT2D eigenvalue weighted by atomic mass is 32.2. The molecule has 0 saturated carbocycles. The molecule has 0 unspecified atom stereocenters. The van der Waals surface area contributed by atoms with Gasteiger partial charge < -0.3 is 15.4 Å². The Morgan fingerprint density at radius 1 is 1.09 bits per heavy atom. The van der Waals surface area contributed by atoms with Crippen molar-refractivity contribution in [3.05, 3.63) is 66.2 Å². The summed E-state index contributed by atoms with van der Waals surface area (Å²) >= 11 is 0. The number of nitrogen functional groups attached to an aromatic ring is 1. The van der Waals surface area contributed by atoms with Crippen LogP contribution >= 0.6 is 0 Å². The van der Waals surface area contributed by atoms with Crippen LogP contribution in [0.1, 0.15) is 25.0 Å². The second-order valence-electron chi connectivity index (χ2n) is 8.13. The summed E-state index contributed by atoms with van der Waals surface area (Å²) in [5.74, 6) is 1.08. The zero-order valence-electron chi connectivity index (χ0n) is 19.0. The molecule has 4 rings (SSSR count). The van der Waals surface area contributed by atoms with Crippen LogP contribution in [0, 0.1) is 5.41 Å². The molecule has 0 atom stereocenters. The number of rotatable bonds is 7. The molecule has 10 nitrogen and oxygen atoms in total. The Balaban J connectivity index is 1.49. The van der Waals surface area contributed by atoms with Crippen molar-refractivity contribution in [2.75, 3.05) is 36.8 Å². The van der Waals surface area contributed by atoms with Gasteiger partial charge in [0.15, 0.2) is 0 Å². The summed E-state index contributed by atoms with van der Waals surface area (Å²) in [4.78, 5) is 14.7. The lowest BCUT2D eigenvalue weighted by atomic mass is 10.0. The first kappa shape index (κ1) is 23.6. The summed E-state index contributed by atoms with van der Waals surface area (Å²) in [7, 11) is -3.58. The predicted octanol–water partition coefficient (Wildman–Crippen LogP) is 2.17. The molecular weight excluding hydrogens is 454 g/mol. The number of sulfonamides is 1. The first-order valence-corrected chi connectivity index (χ1v) is 12.3. The summed E-state index contributed by atoms with van der Waals surface area (Å²) < 4.78 is 32.8. The Hall–Kier alpha value is -3.57. The molecule has 3 aromatic heterocycles. The van der Waals surface area contributed by atoms with Gasteiger partial charge in [-0.05, 0) is 38.1 Å². The van der Waals surface area contributed by atoms with Gasteiger partial charge in [0.1, 0.15) is 10.7 Å². The lowest BCUT2D eigenvalue weighted by Gasteiger charge is -2.34. The number of nitrogens with two attached hydrogens (primary N) is 1. The van der Waals surface area contributed by atoms with Crippen LogP contribution in [0.4, 0.5) is 11.5 Å². The van der Waals surface area contributed by atoms with E-state index in [2.05, 4.69) is 15.0 Å². The molecule has 1 aliphatic rings. The van der Waals surface area contributed by atoms with Crippen molar-refractivity contribution < 1.29 is 13.2 Å². The molecule has 11 heteroatoms. The van der Waals surface area contributed by atoms with E-state index in [-0.39, 0.29) is 16.7 Å². The number of ether oxygens (including phenoxy) is 1. The third kappa shape index (κ3) is 5.00. The topological polar surface area (TPSA) is 138 Å². The maximum atomic E-state index is 12.9. The standard InChI is InChI=1S/C23H27N7O3S/c1-16(2)33-22-13-19(20(24)15-28-22)23(25)17-5-7-27-21(12-17)29-8-10-30(11-9-29)34(31,32)18-4-3-6-26-14-18/h3-7,12-16,25H,8-11,24H2,1-2H3. The minimum Gasteiger partial charge on any atom is -0.475 e. The van der Waals surface area contributed by atoms with E-state index in [1.165, 1.54) is 16.7 Å². The molecule has 0 spiro atoms. The van der Waals surface area contributed by atoms with Crippen molar-refractivity contribution in [2.24, 2.45) is 0 Å². The number of piperazine rings is 1. The third-order valence-corrected chi connectivity index (χ3v) is 7.29. The van der Waals surface area contributed by atoms with Gasteiger partial charge in [0, 0.05) is 62.0 Å². The van der Waals surface area contributed by atoms with Gasteiger partial charge in [-0.25, -0.2) is 18.4 Å². The molecular formula is C23H27N7O3S. The maximum Gasteiger partial charge on any atom is 0.244 e. The van der Waals surface area contributed by atoms with E-state index in [1.54, 1.807) is 36.7 Å². The number of anilines is 2. The molecule has 178 valence electrons. The van der Waals surface area contributed by atoms with Crippen LogP contribution in [0.25, 0.3) is 0 Å². The van der Waals surface area contributed by atoms with Crippen LogP contribution in [0.3, 0.4) is 0 Å². The highest BCUT2D eigenvalue weighted by Gasteiger charge is 2.29. The molecule has 0 radical (unpaired) electrons. The van der Waals surface area contributed by atoms with Gasteiger partial charge in [-0.3, -0.25) is 10.4 Å². The number of hydrogen-bond donors (Lipinski definition) is 2. The highest BCUT2D eigenvalue weighted by molar-refractivity contribution is 7.89. The quantitative estimate of drug-likeness (QED) is 0.490. The normalized spacial score (nSPS) is 14.9. The van der Waals surface area contributed by atoms with Crippen molar-refractivity contribution in [1.82, 2.24) is 19.3 Å². The van der Waals surface area contributed by atoms with Gasteiger partial charge in [0.25, 0.3) is 0 Å². The first-order chi connectivity index (χ1) is 16.3. The van der Waals surface area contributed by atoms with E-state index in [4.69, 9.17) is 15.9 Å². The summed E-state index contributed by atoms with van der Waals surface area (Å²) in [6, 6.07) is 8.39. The summed E-state index contributed by atoms with van der Waals surface area (Å²) in [5, 5.41) is 8.71. The minimum absolute atomic E-state index is 0.0497. The molecule has 4 heterocycles. The monoisotopic (exact) mass is 481 g/mol. The van der Waals surface area contributed by atoms with E-state index in [0.29, 0.717) is 54.7 Å². The molecule has 1 saturated heterocycles.